The summed E-state index contributed by atoms with van der Waals surface area (Å²) in [5.74, 6) is 0.124. The molecule has 3 heterocycles. The third kappa shape index (κ3) is 4.20. The van der Waals surface area contributed by atoms with Crippen LogP contribution in [0.5, 0.6) is 0 Å². The summed E-state index contributed by atoms with van der Waals surface area (Å²) in [7, 11) is 1.60. The number of carbonyl (C=O) groups excluding carboxylic acids is 1. The zero-order chi connectivity index (χ0) is 22.9. The van der Waals surface area contributed by atoms with Gasteiger partial charge in [-0.05, 0) is 43.5 Å². The van der Waals surface area contributed by atoms with E-state index in [1.165, 1.54) is 6.07 Å². The minimum Gasteiger partial charge on any atom is -0.368 e. The summed E-state index contributed by atoms with van der Waals surface area (Å²) in [6.07, 6.45) is 4.71. The number of benzene rings is 1. The van der Waals surface area contributed by atoms with Crippen LogP contribution in [0.3, 0.4) is 0 Å². The van der Waals surface area contributed by atoms with E-state index in [1.54, 1.807) is 31.4 Å². The molecule has 0 spiro atoms. The zero-order valence-electron chi connectivity index (χ0n) is 18.6. The molecule has 5 rings (SSSR count). The fourth-order valence-electron chi connectivity index (χ4n) is 5.08. The van der Waals surface area contributed by atoms with Gasteiger partial charge in [0.2, 0.25) is 0 Å². The van der Waals surface area contributed by atoms with Gasteiger partial charge in [0.1, 0.15) is 22.7 Å². The van der Waals surface area contributed by atoms with E-state index in [-0.39, 0.29) is 17.2 Å². The molecule has 1 aromatic carbocycles. The van der Waals surface area contributed by atoms with Crippen molar-refractivity contribution in [2.24, 2.45) is 0 Å². The quantitative estimate of drug-likeness (QED) is 0.633. The van der Waals surface area contributed by atoms with Crippen molar-refractivity contribution in [1.29, 1.82) is 0 Å². The molecule has 2 atom stereocenters. The summed E-state index contributed by atoms with van der Waals surface area (Å²) in [5, 5.41) is 2.62. The van der Waals surface area contributed by atoms with Crippen LogP contribution in [0.15, 0.2) is 41.3 Å². The van der Waals surface area contributed by atoms with Crippen LogP contribution < -0.4 is 15.8 Å². The van der Waals surface area contributed by atoms with Gasteiger partial charge in [0.15, 0.2) is 0 Å². The number of hydrogen-bond acceptors (Lipinski definition) is 6. The molecule has 1 saturated heterocycles. The number of carbonyl (C=O) groups is 1. The minimum absolute atomic E-state index is 0.0322. The molecule has 1 amide bonds. The van der Waals surface area contributed by atoms with Crippen molar-refractivity contribution in [3.05, 3.63) is 64.2 Å². The number of fused-ring (bicyclic) bond motifs is 1. The summed E-state index contributed by atoms with van der Waals surface area (Å²) in [6.45, 7) is 3.68. The molecule has 1 aliphatic carbocycles. The third-order valence-corrected chi connectivity index (χ3v) is 6.90. The molecule has 2 aliphatic rings. The predicted molar refractivity (Wildman–Crippen MR) is 124 cm³/mol. The lowest BCUT2D eigenvalue weighted by Gasteiger charge is -2.39. The Kier molecular flexibility index (Phi) is 5.80. The molecule has 1 saturated carbocycles. The Morgan fingerprint density at radius 1 is 1.15 bits per heavy atom. The lowest BCUT2D eigenvalue weighted by molar-refractivity contribution is 0.0958. The smallest absolute Gasteiger partial charge is 0.269 e. The Labute approximate surface area is 190 Å². The van der Waals surface area contributed by atoms with Crippen molar-refractivity contribution < 1.29 is 9.18 Å². The van der Waals surface area contributed by atoms with E-state index in [9.17, 15) is 14.0 Å². The SMILES string of the molecule is CNC(=O)c1ccc(N2CCN([C@H]3CC[C@@H](c4nc5cccc(F)c5c(=O)[nH]4)C3)CC2)cn1. The Balaban J connectivity index is 1.21. The van der Waals surface area contributed by atoms with Crippen LogP contribution in [0.2, 0.25) is 0 Å². The number of nitrogens with one attached hydrogen (secondary N) is 2. The van der Waals surface area contributed by atoms with Gasteiger partial charge in [0.05, 0.1) is 17.4 Å². The average molecular weight is 451 g/mol. The molecule has 172 valence electrons. The number of pyridine rings is 1. The minimum atomic E-state index is -0.534. The maximum absolute atomic E-state index is 14.0. The van der Waals surface area contributed by atoms with Gasteiger partial charge < -0.3 is 15.2 Å². The Morgan fingerprint density at radius 2 is 1.97 bits per heavy atom. The van der Waals surface area contributed by atoms with Gasteiger partial charge in [-0.3, -0.25) is 14.5 Å². The lowest BCUT2D eigenvalue weighted by Crippen LogP contribution is -2.49. The van der Waals surface area contributed by atoms with Crippen molar-refractivity contribution in [3.8, 4) is 0 Å². The second-order valence-corrected chi connectivity index (χ2v) is 8.75. The molecule has 33 heavy (non-hydrogen) atoms. The van der Waals surface area contributed by atoms with Crippen molar-refractivity contribution in [2.45, 2.75) is 31.2 Å². The summed E-state index contributed by atoms with van der Waals surface area (Å²) in [4.78, 5) is 40.6. The van der Waals surface area contributed by atoms with E-state index in [0.29, 0.717) is 23.1 Å². The van der Waals surface area contributed by atoms with E-state index in [1.807, 2.05) is 6.07 Å². The highest BCUT2D eigenvalue weighted by molar-refractivity contribution is 5.92. The number of hydrogen-bond donors (Lipinski definition) is 2. The average Bonchev–Trinajstić information content (AvgIpc) is 3.34. The molecule has 3 aromatic rings. The molecule has 1 aliphatic heterocycles. The number of aromatic amines is 1. The summed E-state index contributed by atoms with van der Waals surface area (Å²) < 4.78 is 14.0. The molecule has 2 aromatic heterocycles. The Hall–Kier alpha value is -3.33. The van der Waals surface area contributed by atoms with Crippen LogP contribution in [0, 0.1) is 5.82 Å². The first-order valence-corrected chi connectivity index (χ1v) is 11.4. The normalized spacial score (nSPS) is 21.5. The second-order valence-electron chi connectivity index (χ2n) is 8.75. The maximum Gasteiger partial charge on any atom is 0.269 e. The van der Waals surface area contributed by atoms with Gasteiger partial charge in [-0.1, -0.05) is 6.07 Å². The lowest BCUT2D eigenvalue weighted by atomic mass is 10.1. The Morgan fingerprint density at radius 3 is 2.70 bits per heavy atom. The number of rotatable bonds is 4. The number of halogens is 1. The van der Waals surface area contributed by atoms with Crippen molar-refractivity contribution >= 4 is 22.5 Å². The van der Waals surface area contributed by atoms with E-state index < -0.39 is 11.4 Å². The number of nitrogens with zero attached hydrogens (tertiary/aromatic N) is 4. The van der Waals surface area contributed by atoms with Crippen LogP contribution >= 0.6 is 0 Å². The standard InChI is InChI=1S/C24H27FN6O2/c1-26-23(32)20-8-7-17(14-27-20)31-11-9-30(10-12-31)16-6-5-15(13-16)22-28-19-4-2-3-18(25)21(19)24(33)29-22/h2-4,7-8,14-16H,5-6,9-13H2,1H3,(H,26,32)(H,28,29,33)/t15-,16+/m1/s1. The number of piperazine rings is 1. The molecule has 0 radical (unpaired) electrons. The molecular formula is C24H27FN6O2. The largest absolute Gasteiger partial charge is 0.368 e. The van der Waals surface area contributed by atoms with Gasteiger partial charge in [0.25, 0.3) is 11.5 Å². The van der Waals surface area contributed by atoms with E-state index >= 15 is 0 Å². The number of H-pyrrole nitrogens is 1. The van der Waals surface area contributed by atoms with E-state index in [2.05, 4.69) is 30.1 Å². The molecule has 8 nitrogen and oxygen atoms in total. The highest BCUT2D eigenvalue weighted by atomic mass is 19.1. The summed E-state index contributed by atoms with van der Waals surface area (Å²) in [6, 6.07) is 8.72. The van der Waals surface area contributed by atoms with Crippen molar-refractivity contribution in [3.63, 3.8) is 0 Å². The van der Waals surface area contributed by atoms with Gasteiger partial charge in [-0.15, -0.1) is 0 Å². The molecule has 0 bridgehead atoms. The van der Waals surface area contributed by atoms with Gasteiger partial charge in [0, 0.05) is 45.2 Å². The topological polar surface area (TPSA) is 94.2 Å². The number of aromatic nitrogens is 3. The Bertz CT molecular complexity index is 1220. The third-order valence-electron chi connectivity index (χ3n) is 6.90. The maximum atomic E-state index is 14.0. The second kappa shape index (κ2) is 8.90. The first kappa shape index (κ1) is 21.5. The molecule has 0 unspecified atom stereocenters. The summed E-state index contributed by atoms with van der Waals surface area (Å²) in [5.41, 5.74) is 1.46. The van der Waals surface area contributed by atoms with Crippen molar-refractivity contribution in [1.82, 2.24) is 25.2 Å². The predicted octanol–water partition coefficient (Wildman–Crippen LogP) is 2.28. The number of amides is 1. The number of anilines is 1. The first-order valence-electron chi connectivity index (χ1n) is 11.4. The van der Waals surface area contributed by atoms with E-state index in [4.69, 9.17) is 0 Å². The fraction of sp³-hybridized carbons (Fsp3) is 0.417. The molecule has 2 N–H and O–H groups in total. The first-order chi connectivity index (χ1) is 16.0. The molecule has 9 heteroatoms. The van der Waals surface area contributed by atoms with Gasteiger partial charge in [-0.25, -0.2) is 14.4 Å². The molecule has 2 fully saturated rings. The van der Waals surface area contributed by atoms with Crippen molar-refractivity contribution in [2.75, 3.05) is 38.1 Å². The highest BCUT2D eigenvalue weighted by Crippen LogP contribution is 2.36. The monoisotopic (exact) mass is 450 g/mol. The fourth-order valence-corrected chi connectivity index (χ4v) is 5.08. The zero-order valence-corrected chi connectivity index (χ0v) is 18.6. The van der Waals surface area contributed by atoms with Crippen LogP contribution in [0.1, 0.15) is 41.5 Å². The van der Waals surface area contributed by atoms with E-state index in [0.717, 1.165) is 51.1 Å². The van der Waals surface area contributed by atoms with Crippen LogP contribution in [-0.2, 0) is 0 Å². The highest BCUT2D eigenvalue weighted by Gasteiger charge is 2.33. The molecular weight excluding hydrogens is 423 g/mol. The summed E-state index contributed by atoms with van der Waals surface area (Å²) >= 11 is 0. The van der Waals surface area contributed by atoms with Gasteiger partial charge in [-0.2, -0.15) is 0 Å². The van der Waals surface area contributed by atoms with Crippen LogP contribution in [0.4, 0.5) is 10.1 Å². The van der Waals surface area contributed by atoms with Crippen LogP contribution in [0.25, 0.3) is 10.9 Å². The van der Waals surface area contributed by atoms with Crippen LogP contribution in [-0.4, -0.2) is 65.0 Å². The van der Waals surface area contributed by atoms with Gasteiger partial charge >= 0.3 is 0 Å².